The van der Waals surface area contributed by atoms with Gasteiger partial charge < -0.3 is 4.90 Å². The second-order valence-electron chi connectivity index (χ2n) is 5.64. The van der Waals surface area contributed by atoms with Crippen molar-refractivity contribution in [2.24, 2.45) is 5.92 Å². The number of nitrogens with zero attached hydrogens (tertiary/aromatic N) is 1. The molecule has 0 atom stereocenters. The van der Waals surface area contributed by atoms with Crippen molar-refractivity contribution < 1.29 is 0 Å². The van der Waals surface area contributed by atoms with Crippen LogP contribution in [0, 0.1) is 12.8 Å². The first-order valence-electron chi connectivity index (χ1n) is 7.07. The van der Waals surface area contributed by atoms with E-state index in [9.17, 15) is 0 Å². The molecular weight excluding hydrogens is 242 g/mol. The number of rotatable bonds is 4. The molecule has 1 fully saturated rings. The average Bonchev–Trinajstić information content (AvgIpc) is 2.39. The predicted octanol–water partition coefficient (Wildman–Crippen LogP) is 4.75. The van der Waals surface area contributed by atoms with Gasteiger partial charge in [0, 0.05) is 25.2 Å². The zero-order valence-electron chi connectivity index (χ0n) is 11.6. The number of anilines is 1. The molecule has 0 heterocycles. The smallest absolute Gasteiger partial charge is 0.0474 e. The quantitative estimate of drug-likeness (QED) is 0.710. The van der Waals surface area contributed by atoms with Gasteiger partial charge in [-0.1, -0.05) is 31.4 Å². The van der Waals surface area contributed by atoms with Crippen molar-refractivity contribution in [1.29, 1.82) is 0 Å². The predicted molar refractivity (Wildman–Crippen MR) is 80.6 cm³/mol. The molecule has 1 nitrogen and oxygen atoms in total. The minimum absolute atomic E-state index is 0.605. The topological polar surface area (TPSA) is 3.24 Å². The van der Waals surface area contributed by atoms with Gasteiger partial charge in [0.2, 0.25) is 0 Å². The largest absolute Gasteiger partial charge is 0.374 e. The maximum absolute atomic E-state index is 5.87. The Labute approximate surface area is 116 Å². The van der Waals surface area contributed by atoms with Gasteiger partial charge in [0.25, 0.3) is 0 Å². The van der Waals surface area contributed by atoms with Crippen LogP contribution in [0.3, 0.4) is 0 Å². The Bertz CT molecular complexity index is 383. The van der Waals surface area contributed by atoms with Gasteiger partial charge in [-0.25, -0.2) is 0 Å². The summed E-state index contributed by atoms with van der Waals surface area (Å²) in [5, 5.41) is 0. The van der Waals surface area contributed by atoms with Gasteiger partial charge >= 0.3 is 0 Å². The van der Waals surface area contributed by atoms with Crippen molar-refractivity contribution in [2.45, 2.75) is 44.9 Å². The molecule has 18 heavy (non-hydrogen) atoms. The first kappa shape index (κ1) is 13.7. The summed E-state index contributed by atoms with van der Waals surface area (Å²) in [5.41, 5.74) is 3.91. The van der Waals surface area contributed by atoms with Crippen LogP contribution in [-0.4, -0.2) is 13.6 Å². The molecule has 100 valence electrons. The Balaban J connectivity index is 2.01. The molecule has 0 spiro atoms. The van der Waals surface area contributed by atoms with Crippen molar-refractivity contribution in [3.05, 3.63) is 29.3 Å². The van der Waals surface area contributed by atoms with Gasteiger partial charge in [0.05, 0.1) is 0 Å². The summed E-state index contributed by atoms with van der Waals surface area (Å²) in [6.07, 6.45) is 7.08. The lowest BCUT2D eigenvalue weighted by Crippen LogP contribution is -2.27. The van der Waals surface area contributed by atoms with Crippen LogP contribution < -0.4 is 4.90 Å². The zero-order valence-corrected chi connectivity index (χ0v) is 12.3. The number of benzene rings is 1. The third kappa shape index (κ3) is 3.41. The van der Waals surface area contributed by atoms with Crippen LogP contribution in [-0.2, 0) is 5.88 Å². The van der Waals surface area contributed by atoms with Crippen LogP contribution in [0.4, 0.5) is 5.69 Å². The summed E-state index contributed by atoms with van der Waals surface area (Å²) >= 11 is 5.87. The van der Waals surface area contributed by atoms with Crippen LogP contribution in [0.15, 0.2) is 18.2 Å². The van der Waals surface area contributed by atoms with E-state index in [2.05, 4.69) is 37.1 Å². The highest BCUT2D eigenvalue weighted by Gasteiger charge is 2.16. The fourth-order valence-electron chi connectivity index (χ4n) is 3.08. The maximum atomic E-state index is 5.87. The van der Waals surface area contributed by atoms with E-state index in [1.165, 1.54) is 55.5 Å². The summed E-state index contributed by atoms with van der Waals surface area (Å²) in [4.78, 5) is 2.42. The van der Waals surface area contributed by atoms with Gasteiger partial charge in [0.15, 0.2) is 0 Å². The number of halogens is 1. The Hall–Kier alpha value is -0.690. The van der Waals surface area contributed by atoms with Crippen LogP contribution in [0.25, 0.3) is 0 Å². The summed E-state index contributed by atoms with van der Waals surface area (Å²) in [5.74, 6) is 1.49. The molecule has 0 bridgehead atoms. The van der Waals surface area contributed by atoms with E-state index in [4.69, 9.17) is 11.6 Å². The van der Waals surface area contributed by atoms with E-state index in [0.29, 0.717) is 5.88 Å². The van der Waals surface area contributed by atoms with Gasteiger partial charge in [-0.3, -0.25) is 0 Å². The summed E-state index contributed by atoms with van der Waals surface area (Å²) in [6, 6.07) is 6.57. The summed E-state index contributed by atoms with van der Waals surface area (Å²) in [6.45, 7) is 3.38. The lowest BCUT2D eigenvalue weighted by Gasteiger charge is -2.29. The Morgan fingerprint density at radius 2 is 1.94 bits per heavy atom. The first-order valence-corrected chi connectivity index (χ1v) is 7.61. The molecule has 0 N–H and O–H groups in total. The zero-order chi connectivity index (χ0) is 13.0. The molecule has 1 aliphatic rings. The lowest BCUT2D eigenvalue weighted by molar-refractivity contribution is 0.362. The summed E-state index contributed by atoms with van der Waals surface area (Å²) in [7, 11) is 2.22. The molecule has 0 radical (unpaired) electrons. The van der Waals surface area contributed by atoms with Crippen molar-refractivity contribution in [3.63, 3.8) is 0 Å². The SMILES string of the molecule is Cc1cc(CCl)ccc1N(C)CC1CCCCC1. The lowest BCUT2D eigenvalue weighted by atomic mass is 9.89. The van der Waals surface area contributed by atoms with E-state index in [1.807, 2.05) is 0 Å². The molecule has 2 rings (SSSR count). The number of hydrogen-bond donors (Lipinski definition) is 0. The maximum Gasteiger partial charge on any atom is 0.0474 e. The highest BCUT2D eigenvalue weighted by molar-refractivity contribution is 6.17. The highest BCUT2D eigenvalue weighted by atomic mass is 35.5. The number of hydrogen-bond acceptors (Lipinski definition) is 1. The monoisotopic (exact) mass is 265 g/mol. The van der Waals surface area contributed by atoms with Crippen LogP contribution in [0.1, 0.15) is 43.2 Å². The molecule has 0 aliphatic heterocycles. The third-order valence-corrected chi connectivity index (χ3v) is 4.39. The number of aryl methyl sites for hydroxylation is 1. The van der Waals surface area contributed by atoms with Gasteiger partial charge in [-0.15, -0.1) is 11.6 Å². The van der Waals surface area contributed by atoms with Crippen molar-refractivity contribution >= 4 is 17.3 Å². The van der Waals surface area contributed by atoms with E-state index >= 15 is 0 Å². The molecule has 1 aliphatic carbocycles. The van der Waals surface area contributed by atoms with Crippen LogP contribution in [0.5, 0.6) is 0 Å². The molecule has 1 saturated carbocycles. The van der Waals surface area contributed by atoms with Gasteiger partial charge in [-0.05, 0) is 42.9 Å². The van der Waals surface area contributed by atoms with Crippen molar-refractivity contribution in [3.8, 4) is 0 Å². The highest BCUT2D eigenvalue weighted by Crippen LogP contribution is 2.27. The second-order valence-corrected chi connectivity index (χ2v) is 5.91. The molecule has 0 unspecified atom stereocenters. The molecular formula is C16H24ClN. The fourth-order valence-corrected chi connectivity index (χ4v) is 3.25. The minimum Gasteiger partial charge on any atom is -0.374 e. The normalized spacial score (nSPS) is 16.8. The first-order chi connectivity index (χ1) is 8.70. The van der Waals surface area contributed by atoms with Crippen LogP contribution >= 0.6 is 11.6 Å². The second kappa shape index (κ2) is 6.47. The Kier molecular flexibility index (Phi) is 4.94. The summed E-state index contributed by atoms with van der Waals surface area (Å²) < 4.78 is 0. The Morgan fingerprint density at radius 1 is 1.22 bits per heavy atom. The fraction of sp³-hybridized carbons (Fsp3) is 0.625. The van der Waals surface area contributed by atoms with Crippen molar-refractivity contribution in [2.75, 3.05) is 18.5 Å². The minimum atomic E-state index is 0.605. The van der Waals surface area contributed by atoms with Crippen molar-refractivity contribution in [1.82, 2.24) is 0 Å². The standard InChI is InChI=1S/C16H24ClN/c1-13-10-15(11-17)8-9-16(13)18(2)12-14-6-4-3-5-7-14/h8-10,14H,3-7,11-12H2,1-2H3. The molecule has 2 heteroatoms. The number of alkyl halides is 1. The average molecular weight is 266 g/mol. The third-order valence-electron chi connectivity index (χ3n) is 4.08. The molecule has 0 amide bonds. The van der Waals surface area contributed by atoms with Gasteiger partial charge in [0.1, 0.15) is 0 Å². The molecule has 1 aromatic carbocycles. The van der Waals surface area contributed by atoms with E-state index in [-0.39, 0.29) is 0 Å². The van der Waals surface area contributed by atoms with E-state index in [0.717, 1.165) is 5.92 Å². The molecule has 0 aromatic heterocycles. The van der Waals surface area contributed by atoms with E-state index in [1.54, 1.807) is 0 Å². The van der Waals surface area contributed by atoms with Gasteiger partial charge in [-0.2, -0.15) is 0 Å². The molecule has 0 saturated heterocycles. The van der Waals surface area contributed by atoms with E-state index < -0.39 is 0 Å². The Morgan fingerprint density at radius 3 is 2.56 bits per heavy atom. The van der Waals surface area contributed by atoms with Crippen LogP contribution in [0.2, 0.25) is 0 Å². The molecule has 1 aromatic rings.